The minimum atomic E-state index is -0.0774. The van der Waals surface area contributed by atoms with Crippen LogP contribution in [0.1, 0.15) is 6.92 Å². The van der Waals surface area contributed by atoms with Gasteiger partial charge in [0, 0.05) is 12.2 Å². The smallest absolute Gasteiger partial charge is 0.234 e. The van der Waals surface area contributed by atoms with E-state index in [1.165, 1.54) is 11.8 Å². The molecule has 0 aliphatic carbocycles. The molecule has 2 heterocycles. The van der Waals surface area contributed by atoms with E-state index in [1.807, 2.05) is 54.0 Å². The highest BCUT2D eigenvalue weighted by molar-refractivity contribution is 7.99. The standard InChI is InChI=1S/C16H16N4O2S/c1-2-20-15(13-9-6-10-22-13)18-19-16(20)23-11-14(21)17-12-7-4-3-5-8-12/h3-10H,2,11H2,1H3,(H,17,21). The van der Waals surface area contributed by atoms with Gasteiger partial charge in [0.1, 0.15) is 0 Å². The molecule has 1 amide bonds. The summed E-state index contributed by atoms with van der Waals surface area (Å²) in [5.74, 6) is 1.53. The molecule has 0 atom stereocenters. The third-order valence-electron chi connectivity index (χ3n) is 3.16. The number of rotatable bonds is 6. The first-order valence-corrected chi connectivity index (χ1v) is 8.21. The fourth-order valence-corrected chi connectivity index (χ4v) is 2.92. The summed E-state index contributed by atoms with van der Waals surface area (Å²) in [5.41, 5.74) is 0.784. The van der Waals surface area contributed by atoms with Gasteiger partial charge in [0.2, 0.25) is 5.91 Å². The van der Waals surface area contributed by atoms with Gasteiger partial charge in [0.15, 0.2) is 16.7 Å². The molecule has 1 aromatic carbocycles. The lowest BCUT2D eigenvalue weighted by atomic mass is 10.3. The zero-order valence-electron chi connectivity index (χ0n) is 12.6. The fourth-order valence-electron chi connectivity index (χ4n) is 2.12. The van der Waals surface area contributed by atoms with Crippen LogP contribution in [-0.4, -0.2) is 26.4 Å². The highest BCUT2D eigenvalue weighted by Gasteiger charge is 2.16. The molecule has 1 N–H and O–H groups in total. The Morgan fingerprint density at radius 1 is 1.22 bits per heavy atom. The number of nitrogens with one attached hydrogen (secondary N) is 1. The molecule has 3 aromatic rings. The number of hydrogen-bond acceptors (Lipinski definition) is 5. The second-order valence-corrected chi connectivity index (χ2v) is 5.67. The van der Waals surface area contributed by atoms with Crippen molar-refractivity contribution < 1.29 is 9.21 Å². The maximum absolute atomic E-state index is 12.0. The van der Waals surface area contributed by atoms with Crippen LogP contribution in [0.3, 0.4) is 0 Å². The van der Waals surface area contributed by atoms with Gasteiger partial charge in [0.05, 0.1) is 12.0 Å². The van der Waals surface area contributed by atoms with Crippen molar-refractivity contribution in [2.24, 2.45) is 0 Å². The summed E-state index contributed by atoms with van der Waals surface area (Å²) >= 11 is 1.35. The molecule has 0 unspecified atom stereocenters. The van der Waals surface area contributed by atoms with Crippen molar-refractivity contribution in [2.45, 2.75) is 18.6 Å². The molecule has 7 heteroatoms. The number of anilines is 1. The van der Waals surface area contributed by atoms with Crippen LogP contribution in [0.4, 0.5) is 5.69 Å². The van der Waals surface area contributed by atoms with E-state index in [0.29, 0.717) is 23.3 Å². The topological polar surface area (TPSA) is 73.0 Å². The van der Waals surface area contributed by atoms with Crippen LogP contribution >= 0.6 is 11.8 Å². The quantitative estimate of drug-likeness (QED) is 0.703. The summed E-state index contributed by atoms with van der Waals surface area (Å²) in [6, 6.07) is 13.0. The van der Waals surface area contributed by atoms with Crippen LogP contribution in [0.2, 0.25) is 0 Å². The van der Waals surface area contributed by atoms with Crippen molar-refractivity contribution in [1.29, 1.82) is 0 Å². The summed E-state index contributed by atoms with van der Waals surface area (Å²) in [7, 11) is 0. The van der Waals surface area contributed by atoms with Gasteiger partial charge in [-0.1, -0.05) is 30.0 Å². The van der Waals surface area contributed by atoms with Gasteiger partial charge in [0.25, 0.3) is 0 Å². The summed E-state index contributed by atoms with van der Waals surface area (Å²) < 4.78 is 7.30. The largest absolute Gasteiger partial charge is 0.461 e. The number of hydrogen-bond donors (Lipinski definition) is 1. The molecule has 3 rings (SSSR count). The van der Waals surface area contributed by atoms with E-state index in [0.717, 1.165) is 5.69 Å². The van der Waals surface area contributed by atoms with E-state index in [-0.39, 0.29) is 11.7 Å². The van der Waals surface area contributed by atoms with Gasteiger partial charge in [-0.15, -0.1) is 10.2 Å². The van der Waals surface area contributed by atoms with Gasteiger partial charge in [-0.3, -0.25) is 9.36 Å². The van der Waals surface area contributed by atoms with Crippen LogP contribution in [0, 0.1) is 0 Å². The monoisotopic (exact) mass is 328 g/mol. The van der Waals surface area contributed by atoms with Gasteiger partial charge in [-0.2, -0.15) is 0 Å². The van der Waals surface area contributed by atoms with E-state index >= 15 is 0 Å². The number of para-hydroxylation sites is 1. The van der Waals surface area contributed by atoms with Gasteiger partial charge in [-0.25, -0.2) is 0 Å². The number of carbonyl (C=O) groups excluding carboxylic acids is 1. The van der Waals surface area contributed by atoms with Crippen LogP contribution < -0.4 is 5.32 Å². The molecular weight excluding hydrogens is 312 g/mol. The van der Waals surface area contributed by atoms with Crippen LogP contribution in [-0.2, 0) is 11.3 Å². The molecule has 0 fully saturated rings. The number of carbonyl (C=O) groups is 1. The van der Waals surface area contributed by atoms with Gasteiger partial charge < -0.3 is 9.73 Å². The first kappa shape index (κ1) is 15.4. The lowest BCUT2D eigenvalue weighted by Crippen LogP contribution is -2.14. The molecule has 0 aliphatic rings. The number of amides is 1. The number of nitrogens with zero attached hydrogens (tertiary/aromatic N) is 3. The van der Waals surface area contributed by atoms with Crippen molar-refractivity contribution in [3.05, 3.63) is 48.7 Å². The summed E-state index contributed by atoms with van der Waals surface area (Å²) in [6.07, 6.45) is 1.60. The van der Waals surface area contributed by atoms with Crippen LogP contribution in [0.25, 0.3) is 11.6 Å². The molecule has 23 heavy (non-hydrogen) atoms. The Bertz CT molecular complexity index is 769. The molecule has 0 saturated heterocycles. The van der Waals surface area contributed by atoms with Gasteiger partial charge >= 0.3 is 0 Å². The number of aromatic nitrogens is 3. The second-order valence-electron chi connectivity index (χ2n) is 4.73. The number of furan rings is 1. The zero-order valence-corrected chi connectivity index (χ0v) is 13.4. The van der Waals surface area contributed by atoms with Crippen molar-refractivity contribution in [3.63, 3.8) is 0 Å². The van der Waals surface area contributed by atoms with E-state index in [2.05, 4.69) is 15.5 Å². The van der Waals surface area contributed by atoms with Gasteiger partial charge in [-0.05, 0) is 31.2 Å². The van der Waals surface area contributed by atoms with Crippen molar-refractivity contribution >= 4 is 23.4 Å². The molecule has 0 radical (unpaired) electrons. The molecule has 0 bridgehead atoms. The van der Waals surface area contributed by atoms with E-state index in [1.54, 1.807) is 6.26 Å². The molecule has 0 aliphatic heterocycles. The van der Waals surface area contributed by atoms with E-state index in [9.17, 15) is 4.79 Å². The summed E-state index contributed by atoms with van der Waals surface area (Å²) in [6.45, 7) is 2.70. The van der Waals surface area contributed by atoms with Crippen molar-refractivity contribution in [3.8, 4) is 11.6 Å². The average molecular weight is 328 g/mol. The Balaban J connectivity index is 1.65. The number of thioether (sulfide) groups is 1. The average Bonchev–Trinajstić information content (AvgIpc) is 3.22. The Kier molecular flexibility index (Phi) is 4.77. The lowest BCUT2D eigenvalue weighted by molar-refractivity contribution is -0.113. The maximum Gasteiger partial charge on any atom is 0.234 e. The molecular formula is C16H16N4O2S. The maximum atomic E-state index is 12.0. The van der Waals surface area contributed by atoms with E-state index < -0.39 is 0 Å². The van der Waals surface area contributed by atoms with E-state index in [4.69, 9.17) is 4.42 Å². The normalized spacial score (nSPS) is 10.7. The Morgan fingerprint density at radius 2 is 2.04 bits per heavy atom. The van der Waals surface area contributed by atoms with Crippen LogP contribution in [0.15, 0.2) is 58.3 Å². The fraction of sp³-hybridized carbons (Fsp3) is 0.188. The highest BCUT2D eigenvalue weighted by atomic mass is 32.2. The molecule has 6 nitrogen and oxygen atoms in total. The zero-order chi connectivity index (χ0) is 16.1. The summed E-state index contributed by atoms with van der Waals surface area (Å²) in [4.78, 5) is 12.0. The minimum absolute atomic E-state index is 0.0774. The Morgan fingerprint density at radius 3 is 2.74 bits per heavy atom. The number of benzene rings is 1. The molecule has 2 aromatic heterocycles. The summed E-state index contributed by atoms with van der Waals surface area (Å²) in [5, 5.41) is 11.9. The minimum Gasteiger partial charge on any atom is -0.461 e. The van der Waals surface area contributed by atoms with Crippen molar-refractivity contribution in [1.82, 2.24) is 14.8 Å². The molecule has 0 spiro atoms. The highest BCUT2D eigenvalue weighted by Crippen LogP contribution is 2.24. The first-order chi connectivity index (χ1) is 11.3. The SMILES string of the molecule is CCn1c(SCC(=O)Nc2ccccc2)nnc1-c1ccco1. The predicted octanol–water partition coefficient (Wildman–Crippen LogP) is 3.29. The third-order valence-corrected chi connectivity index (χ3v) is 4.13. The van der Waals surface area contributed by atoms with Crippen molar-refractivity contribution in [2.75, 3.05) is 11.1 Å². The molecule has 0 saturated carbocycles. The lowest BCUT2D eigenvalue weighted by Gasteiger charge is -2.06. The Labute approximate surface area is 137 Å². The Hall–Kier alpha value is -2.54. The van der Waals surface area contributed by atoms with Crippen LogP contribution in [0.5, 0.6) is 0 Å². The molecule has 118 valence electrons. The first-order valence-electron chi connectivity index (χ1n) is 7.22. The third kappa shape index (κ3) is 3.62. The predicted molar refractivity (Wildman–Crippen MR) is 89.2 cm³/mol. The second kappa shape index (κ2) is 7.15.